The van der Waals surface area contributed by atoms with E-state index in [4.69, 9.17) is 22.1 Å². The molecule has 2 rings (SSSR count). The standard InChI is InChI=1S/C16H18ClNO/c1-16(2,11-4-6-15(19-3)7-5-11)12-8-13(17)10-14(18)9-12/h4-10H,18H2,1-3H3. The molecule has 0 fully saturated rings. The van der Waals surface area contributed by atoms with Crippen LogP contribution >= 0.6 is 11.6 Å². The third-order valence-electron chi connectivity index (χ3n) is 3.45. The van der Waals surface area contributed by atoms with Gasteiger partial charge in [-0.05, 0) is 41.5 Å². The summed E-state index contributed by atoms with van der Waals surface area (Å²) in [6.45, 7) is 4.31. The Balaban J connectivity index is 2.44. The number of halogens is 1. The molecule has 0 aliphatic carbocycles. The lowest BCUT2D eigenvalue weighted by atomic mass is 9.78. The average molecular weight is 276 g/mol. The highest BCUT2D eigenvalue weighted by atomic mass is 35.5. The van der Waals surface area contributed by atoms with E-state index < -0.39 is 0 Å². The third kappa shape index (κ3) is 2.85. The maximum absolute atomic E-state index is 6.09. The lowest BCUT2D eigenvalue weighted by Gasteiger charge is -2.26. The number of anilines is 1. The summed E-state index contributed by atoms with van der Waals surface area (Å²) in [6, 6.07) is 13.7. The van der Waals surface area contributed by atoms with Gasteiger partial charge in [0.05, 0.1) is 7.11 Å². The van der Waals surface area contributed by atoms with E-state index in [1.165, 1.54) is 5.56 Å². The van der Waals surface area contributed by atoms with E-state index in [1.54, 1.807) is 13.2 Å². The zero-order chi connectivity index (χ0) is 14.0. The van der Waals surface area contributed by atoms with Gasteiger partial charge < -0.3 is 10.5 Å². The van der Waals surface area contributed by atoms with Crippen LogP contribution < -0.4 is 10.5 Å². The van der Waals surface area contributed by atoms with Gasteiger partial charge in [-0.3, -0.25) is 0 Å². The predicted molar refractivity (Wildman–Crippen MR) is 81.0 cm³/mol. The number of rotatable bonds is 3. The lowest BCUT2D eigenvalue weighted by Crippen LogP contribution is -2.19. The smallest absolute Gasteiger partial charge is 0.118 e. The van der Waals surface area contributed by atoms with Gasteiger partial charge in [0, 0.05) is 16.1 Å². The quantitative estimate of drug-likeness (QED) is 0.850. The first-order valence-electron chi connectivity index (χ1n) is 6.14. The van der Waals surface area contributed by atoms with E-state index in [-0.39, 0.29) is 5.41 Å². The number of nitrogen functional groups attached to an aromatic ring is 1. The highest BCUT2D eigenvalue weighted by molar-refractivity contribution is 6.30. The van der Waals surface area contributed by atoms with Gasteiger partial charge in [-0.25, -0.2) is 0 Å². The van der Waals surface area contributed by atoms with Crippen LogP contribution in [0, 0.1) is 0 Å². The Morgan fingerprint density at radius 3 is 2.16 bits per heavy atom. The van der Waals surface area contributed by atoms with Crippen LogP contribution in [-0.4, -0.2) is 7.11 Å². The zero-order valence-electron chi connectivity index (χ0n) is 11.4. The largest absolute Gasteiger partial charge is 0.497 e. The van der Waals surface area contributed by atoms with E-state index in [9.17, 15) is 0 Å². The highest BCUT2D eigenvalue weighted by Gasteiger charge is 2.23. The number of hydrogen-bond donors (Lipinski definition) is 1. The maximum Gasteiger partial charge on any atom is 0.118 e. The van der Waals surface area contributed by atoms with E-state index >= 15 is 0 Å². The summed E-state index contributed by atoms with van der Waals surface area (Å²) in [5, 5.41) is 0.664. The molecule has 2 N–H and O–H groups in total. The van der Waals surface area contributed by atoms with Crippen molar-refractivity contribution in [2.75, 3.05) is 12.8 Å². The van der Waals surface area contributed by atoms with E-state index in [2.05, 4.69) is 26.0 Å². The number of ether oxygens (including phenoxy) is 1. The molecule has 2 aromatic rings. The second-order valence-corrected chi connectivity index (χ2v) is 5.56. The number of nitrogens with two attached hydrogens (primary N) is 1. The number of benzene rings is 2. The third-order valence-corrected chi connectivity index (χ3v) is 3.67. The molecule has 0 aliphatic heterocycles. The van der Waals surface area contributed by atoms with Crippen molar-refractivity contribution in [2.24, 2.45) is 0 Å². The predicted octanol–water partition coefficient (Wildman–Crippen LogP) is 4.26. The molecule has 0 amide bonds. The first kappa shape index (κ1) is 13.8. The van der Waals surface area contributed by atoms with Crippen molar-refractivity contribution in [1.82, 2.24) is 0 Å². The van der Waals surface area contributed by atoms with E-state index in [0.717, 1.165) is 11.3 Å². The summed E-state index contributed by atoms with van der Waals surface area (Å²) in [5.41, 5.74) is 8.69. The number of methoxy groups -OCH3 is 1. The molecule has 0 saturated carbocycles. The van der Waals surface area contributed by atoms with Gasteiger partial charge in [0.25, 0.3) is 0 Å². The summed E-state index contributed by atoms with van der Waals surface area (Å²) in [6.07, 6.45) is 0. The Morgan fingerprint density at radius 1 is 1.00 bits per heavy atom. The molecule has 2 nitrogen and oxygen atoms in total. The van der Waals surface area contributed by atoms with Crippen LogP contribution in [0.3, 0.4) is 0 Å². The second-order valence-electron chi connectivity index (χ2n) is 5.13. The molecule has 0 aromatic heterocycles. The molecule has 0 unspecified atom stereocenters. The monoisotopic (exact) mass is 275 g/mol. The summed E-state index contributed by atoms with van der Waals surface area (Å²) in [4.78, 5) is 0. The minimum Gasteiger partial charge on any atom is -0.497 e. The minimum atomic E-state index is -0.161. The van der Waals surface area contributed by atoms with Gasteiger partial charge >= 0.3 is 0 Å². The molecule has 3 heteroatoms. The van der Waals surface area contributed by atoms with Crippen molar-refractivity contribution in [3.05, 3.63) is 58.6 Å². The summed E-state index contributed by atoms with van der Waals surface area (Å²) in [5.74, 6) is 0.852. The molecule has 100 valence electrons. The Kier molecular flexibility index (Phi) is 3.72. The molecular weight excluding hydrogens is 258 g/mol. The van der Waals surface area contributed by atoms with Crippen LogP contribution in [0.1, 0.15) is 25.0 Å². The first-order chi connectivity index (χ1) is 8.93. The number of hydrogen-bond acceptors (Lipinski definition) is 2. The summed E-state index contributed by atoms with van der Waals surface area (Å²) >= 11 is 6.09. The van der Waals surface area contributed by atoms with Crippen LogP contribution in [-0.2, 0) is 5.41 Å². The van der Waals surface area contributed by atoms with Gasteiger partial charge in [-0.1, -0.05) is 37.6 Å². The SMILES string of the molecule is COc1ccc(C(C)(C)c2cc(N)cc(Cl)c2)cc1. The van der Waals surface area contributed by atoms with Gasteiger partial charge in [-0.2, -0.15) is 0 Å². The summed E-state index contributed by atoms with van der Waals surface area (Å²) < 4.78 is 5.18. The molecule has 0 spiro atoms. The molecule has 2 aromatic carbocycles. The van der Waals surface area contributed by atoms with Crippen molar-refractivity contribution < 1.29 is 4.74 Å². The Hall–Kier alpha value is -1.67. The normalized spacial score (nSPS) is 11.4. The van der Waals surface area contributed by atoms with Gasteiger partial charge in [0.2, 0.25) is 0 Å². The van der Waals surface area contributed by atoms with Crippen molar-refractivity contribution in [2.45, 2.75) is 19.3 Å². The van der Waals surface area contributed by atoms with Crippen LogP contribution in [0.2, 0.25) is 5.02 Å². The Morgan fingerprint density at radius 2 is 1.63 bits per heavy atom. The molecule has 0 radical (unpaired) electrons. The molecular formula is C16H18ClNO. The van der Waals surface area contributed by atoms with Crippen molar-refractivity contribution in [3.63, 3.8) is 0 Å². The first-order valence-corrected chi connectivity index (χ1v) is 6.52. The summed E-state index contributed by atoms with van der Waals surface area (Å²) in [7, 11) is 1.66. The fourth-order valence-electron chi connectivity index (χ4n) is 2.15. The molecule has 0 heterocycles. The molecule has 19 heavy (non-hydrogen) atoms. The van der Waals surface area contributed by atoms with Gasteiger partial charge in [-0.15, -0.1) is 0 Å². The van der Waals surface area contributed by atoms with E-state index in [0.29, 0.717) is 10.7 Å². The molecule has 0 saturated heterocycles. The second kappa shape index (κ2) is 5.14. The van der Waals surface area contributed by atoms with E-state index in [1.807, 2.05) is 24.3 Å². The zero-order valence-corrected chi connectivity index (χ0v) is 12.2. The Labute approximate surface area is 119 Å². The molecule has 0 atom stereocenters. The maximum atomic E-state index is 6.09. The van der Waals surface area contributed by atoms with Crippen LogP contribution in [0.15, 0.2) is 42.5 Å². The van der Waals surface area contributed by atoms with Gasteiger partial charge in [0.1, 0.15) is 5.75 Å². The fourth-order valence-corrected chi connectivity index (χ4v) is 2.39. The fraction of sp³-hybridized carbons (Fsp3) is 0.250. The van der Waals surface area contributed by atoms with Gasteiger partial charge in [0.15, 0.2) is 0 Å². The van der Waals surface area contributed by atoms with Crippen molar-refractivity contribution in [3.8, 4) is 5.75 Å². The average Bonchev–Trinajstić information content (AvgIpc) is 2.37. The van der Waals surface area contributed by atoms with Crippen LogP contribution in [0.4, 0.5) is 5.69 Å². The van der Waals surface area contributed by atoms with Crippen molar-refractivity contribution in [1.29, 1.82) is 0 Å². The van der Waals surface area contributed by atoms with Crippen molar-refractivity contribution >= 4 is 17.3 Å². The Bertz CT molecular complexity index is 556. The molecule has 0 bridgehead atoms. The molecule has 0 aliphatic rings. The lowest BCUT2D eigenvalue weighted by molar-refractivity contribution is 0.414. The van der Waals surface area contributed by atoms with Crippen LogP contribution in [0.5, 0.6) is 5.75 Å². The minimum absolute atomic E-state index is 0.161. The van der Waals surface area contributed by atoms with Crippen LogP contribution in [0.25, 0.3) is 0 Å². The topological polar surface area (TPSA) is 35.2 Å². The highest BCUT2D eigenvalue weighted by Crippen LogP contribution is 2.34.